The molecule has 1 aliphatic heterocycles. The Morgan fingerprint density at radius 1 is 1.25 bits per heavy atom. The van der Waals surface area contributed by atoms with Crippen molar-refractivity contribution in [3.05, 3.63) is 71.7 Å². The predicted octanol–water partition coefficient (Wildman–Crippen LogP) is 4.06. The Hall–Kier alpha value is -2.89. The van der Waals surface area contributed by atoms with Crippen molar-refractivity contribution in [2.45, 2.75) is 45.1 Å². The Bertz CT molecular complexity index is 929. The molecule has 1 amide bonds. The van der Waals surface area contributed by atoms with E-state index in [9.17, 15) is 4.79 Å². The van der Waals surface area contributed by atoms with Gasteiger partial charge in [-0.25, -0.2) is 4.98 Å². The highest BCUT2D eigenvalue weighted by Crippen LogP contribution is 2.28. The number of piperidine rings is 1. The average Bonchev–Trinajstić information content (AvgIpc) is 3.38. The van der Waals surface area contributed by atoms with E-state index in [4.69, 9.17) is 4.42 Å². The summed E-state index contributed by atoms with van der Waals surface area (Å²) in [7, 11) is 0. The smallest absolute Gasteiger partial charge is 0.272 e. The fraction of sp³-hybridized carbons (Fsp3) is 0.409. The fourth-order valence-electron chi connectivity index (χ4n) is 3.81. The summed E-state index contributed by atoms with van der Waals surface area (Å²) < 4.78 is 7.83. The van der Waals surface area contributed by atoms with Crippen LogP contribution in [0.3, 0.4) is 0 Å². The van der Waals surface area contributed by atoms with Crippen LogP contribution in [0.1, 0.15) is 66.4 Å². The maximum absolute atomic E-state index is 13.0. The third-order valence-electron chi connectivity index (χ3n) is 5.23. The van der Waals surface area contributed by atoms with E-state index in [1.807, 2.05) is 43.1 Å². The van der Waals surface area contributed by atoms with Crippen molar-refractivity contribution < 1.29 is 9.21 Å². The van der Waals surface area contributed by atoms with Gasteiger partial charge in [-0.05, 0) is 38.3 Å². The molecule has 3 aromatic rings. The van der Waals surface area contributed by atoms with Gasteiger partial charge in [-0.2, -0.15) is 5.10 Å². The average molecular weight is 378 g/mol. The lowest BCUT2D eigenvalue weighted by Crippen LogP contribution is -2.40. The molecule has 146 valence electrons. The lowest BCUT2D eigenvalue weighted by Gasteiger charge is -2.31. The molecule has 1 aliphatic rings. The minimum absolute atomic E-state index is 0.0342. The first-order valence-corrected chi connectivity index (χ1v) is 9.93. The van der Waals surface area contributed by atoms with E-state index in [0.29, 0.717) is 12.2 Å². The molecule has 0 bridgehead atoms. The number of likely N-dealkylation sites (tertiary alicyclic amines) is 1. The molecule has 1 saturated heterocycles. The standard InChI is InChI=1S/C22H26N4O2/c1-16(2)26-20(10-11-24-26)22(27)25-12-6-9-18(15-25)21-23-14-19(28-21)13-17-7-4-3-5-8-17/h3-5,7-8,10-11,14,16,18H,6,9,12-13,15H2,1-2H3/t18-/m0/s1. The minimum Gasteiger partial charge on any atom is -0.445 e. The van der Waals surface area contributed by atoms with E-state index in [2.05, 4.69) is 22.2 Å². The number of hydrogen-bond acceptors (Lipinski definition) is 4. The molecule has 4 rings (SSSR count). The lowest BCUT2D eigenvalue weighted by atomic mass is 9.97. The van der Waals surface area contributed by atoms with E-state index < -0.39 is 0 Å². The summed E-state index contributed by atoms with van der Waals surface area (Å²) in [5.74, 6) is 1.77. The molecule has 2 aromatic heterocycles. The summed E-state index contributed by atoms with van der Waals surface area (Å²) in [6, 6.07) is 12.2. The van der Waals surface area contributed by atoms with Crippen molar-refractivity contribution in [3.8, 4) is 0 Å². The minimum atomic E-state index is 0.0342. The van der Waals surface area contributed by atoms with Gasteiger partial charge >= 0.3 is 0 Å². The van der Waals surface area contributed by atoms with Crippen LogP contribution in [0, 0.1) is 0 Å². The molecule has 0 unspecified atom stereocenters. The van der Waals surface area contributed by atoms with Crippen molar-refractivity contribution in [1.29, 1.82) is 0 Å². The van der Waals surface area contributed by atoms with E-state index in [1.165, 1.54) is 5.56 Å². The van der Waals surface area contributed by atoms with Gasteiger partial charge in [0, 0.05) is 31.7 Å². The molecular formula is C22H26N4O2. The fourth-order valence-corrected chi connectivity index (χ4v) is 3.81. The number of nitrogens with zero attached hydrogens (tertiary/aromatic N) is 4. The molecule has 0 aliphatic carbocycles. The van der Waals surface area contributed by atoms with Gasteiger partial charge in [0.25, 0.3) is 5.91 Å². The molecule has 3 heterocycles. The van der Waals surface area contributed by atoms with Crippen molar-refractivity contribution in [3.63, 3.8) is 0 Å². The second-order valence-electron chi connectivity index (χ2n) is 7.67. The molecule has 1 atom stereocenters. The summed E-state index contributed by atoms with van der Waals surface area (Å²) in [4.78, 5) is 19.4. The number of benzene rings is 1. The second kappa shape index (κ2) is 8.00. The summed E-state index contributed by atoms with van der Waals surface area (Å²) in [6.07, 6.45) is 6.17. The predicted molar refractivity (Wildman–Crippen MR) is 106 cm³/mol. The van der Waals surface area contributed by atoms with E-state index in [-0.39, 0.29) is 17.9 Å². The van der Waals surface area contributed by atoms with E-state index in [1.54, 1.807) is 16.9 Å². The number of carbonyl (C=O) groups excluding carboxylic acids is 1. The lowest BCUT2D eigenvalue weighted by molar-refractivity contribution is 0.0683. The number of carbonyl (C=O) groups is 1. The van der Waals surface area contributed by atoms with Crippen LogP contribution in [0.15, 0.2) is 53.2 Å². The molecule has 1 fully saturated rings. The van der Waals surface area contributed by atoms with Crippen molar-refractivity contribution in [1.82, 2.24) is 19.7 Å². The van der Waals surface area contributed by atoms with Crippen LogP contribution in [-0.2, 0) is 6.42 Å². The van der Waals surface area contributed by atoms with Crippen LogP contribution in [0.25, 0.3) is 0 Å². The number of oxazole rings is 1. The van der Waals surface area contributed by atoms with Crippen molar-refractivity contribution >= 4 is 5.91 Å². The van der Waals surface area contributed by atoms with Gasteiger partial charge in [0.05, 0.1) is 12.1 Å². The third kappa shape index (κ3) is 3.86. The summed E-state index contributed by atoms with van der Waals surface area (Å²) in [6.45, 7) is 5.46. The molecule has 6 nitrogen and oxygen atoms in total. The van der Waals surface area contributed by atoms with Gasteiger partial charge in [-0.3, -0.25) is 9.48 Å². The summed E-state index contributed by atoms with van der Waals surface area (Å²) >= 11 is 0. The molecule has 0 spiro atoms. The first-order valence-electron chi connectivity index (χ1n) is 9.93. The number of hydrogen-bond donors (Lipinski definition) is 0. The number of aromatic nitrogens is 3. The Morgan fingerprint density at radius 2 is 2.07 bits per heavy atom. The molecule has 0 radical (unpaired) electrons. The third-order valence-corrected chi connectivity index (χ3v) is 5.23. The maximum Gasteiger partial charge on any atom is 0.272 e. The van der Waals surface area contributed by atoms with Gasteiger partial charge < -0.3 is 9.32 Å². The Kier molecular flexibility index (Phi) is 5.28. The maximum atomic E-state index is 13.0. The van der Waals surface area contributed by atoms with Gasteiger partial charge in [-0.1, -0.05) is 30.3 Å². The van der Waals surface area contributed by atoms with Gasteiger partial charge in [0.15, 0.2) is 5.89 Å². The SMILES string of the molecule is CC(C)n1nccc1C(=O)N1CCC[C@H](c2ncc(Cc3ccccc3)o2)C1. The highest BCUT2D eigenvalue weighted by atomic mass is 16.4. The number of amides is 1. The van der Waals surface area contributed by atoms with Crippen molar-refractivity contribution in [2.24, 2.45) is 0 Å². The Balaban J connectivity index is 1.45. The first kappa shape index (κ1) is 18.5. The first-order chi connectivity index (χ1) is 13.6. The summed E-state index contributed by atoms with van der Waals surface area (Å²) in [5.41, 5.74) is 1.85. The van der Waals surface area contributed by atoms with Crippen LogP contribution in [0.5, 0.6) is 0 Å². The molecule has 6 heteroatoms. The summed E-state index contributed by atoms with van der Waals surface area (Å²) in [5, 5.41) is 4.29. The largest absolute Gasteiger partial charge is 0.445 e. The highest BCUT2D eigenvalue weighted by molar-refractivity contribution is 5.92. The van der Waals surface area contributed by atoms with Gasteiger partial charge in [0.1, 0.15) is 11.5 Å². The second-order valence-corrected chi connectivity index (χ2v) is 7.67. The molecule has 0 N–H and O–H groups in total. The Morgan fingerprint density at radius 3 is 2.86 bits per heavy atom. The zero-order chi connectivity index (χ0) is 19.5. The quantitative estimate of drug-likeness (QED) is 0.671. The van der Waals surface area contributed by atoms with Crippen molar-refractivity contribution in [2.75, 3.05) is 13.1 Å². The van der Waals surface area contributed by atoms with Gasteiger partial charge in [0.2, 0.25) is 0 Å². The van der Waals surface area contributed by atoms with Crippen LogP contribution in [0.2, 0.25) is 0 Å². The van der Waals surface area contributed by atoms with Crippen LogP contribution >= 0.6 is 0 Å². The van der Waals surface area contributed by atoms with Gasteiger partial charge in [-0.15, -0.1) is 0 Å². The normalized spacial score (nSPS) is 17.2. The Labute approximate surface area is 165 Å². The van der Waals surface area contributed by atoms with E-state index in [0.717, 1.165) is 37.5 Å². The van der Waals surface area contributed by atoms with Crippen LogP contribution < -0.4 is 0 Å². The molecule has 28 heavy (non-hydrogen) atoms. The highest BCUT2D eigenvalue weighted by Gasteiger charge is 2.30. The zero-order valence-electron chi connectivity index (χ0n) is 16.4. The number of rotatable bonds is 5. The van der Waals surface area contributed by atoms with Crippen LogP contribution in [-0.4, -0.2) is 38.7 Å². The zero-order valence-corrected chi connectivity index (χ0v) is 16.4. The molecule has 1 aromatic carbocycles. The molecule has 0 saturated carbocycles. The topological polar surface area (TPSA) is 64.2 Å². The van der Waals surface area contributed by atoms with Crippen LogP contribution in [0.4, 0.5) is 0 Å². The molecular weight excluding hydrogens is 352 g/mol. The van der Waals surface area contributed by atoms with E-state index >= 15 is 0 Å². The monoisotopic (exact) mass is 378 g/mol.